The van der Waals surface area contributed by atoms with Gasteiger partial charge in [0.1, 0.15) is 22.2 Å². The molecular weight excluding hydrogens is 867 g/mol. The van der Waals surface area contributed by atoms with Gasteiger partial charge in [-0.2, -0.15) is 10.2 Å². The minimum Gasteiger partial charge on any atom is -0.422 e. The van der Waals surface area contributed by atoms with Crippen LogP contribution in [-0.4, -0.2) is 25.4 Å². The van der Waals surface area contributed by atoms with Crippen LogP contribution in [0.25, 0.3) is 99.5 Å². The standard InChI is InChI=1S/C61H41N5O4/c67-60-52-34-45(63-65-58(52)49-19-9-11-21-56(49)69-60)29-23-38-31-39(24-30-46-35-53-59(66-64-46)50-20-10-12-22-57(50)70-61(53)68)33-44(32-38)47-17-7-8-18-48(47)54-37-62-55(43-15-5-2-6-16-43)36-51(54)42-27-25-41(26-28-42)40-13-3-1-4-14-40/h1-22,25-28,31-37H,23-24,29-30H2. The first kappa shape index (κ1) is 42.2. The van der Waals surface area contributed by atoms with E-state index < -0.39 is 11.3 Å². The van der Waals surface area contributed by atoms with Crippen molar-refractivity contribution in [3.05, 3.63) is 244 Å². The van der Waals surface area contributed by atoms with Gasteiger partial charge in [-0.05, 0) is 118 Å². The highest BCUT2D eigenvalue weighted by Gasteiger charge is 2.18. The van der Waals surface area contributed by atoms with Crippen molar-refractivity contribution in [3.63, 3.8) is 0 Å². The molecule has 0 amide bonds. The zero-order valence-corrected chi connectivity index (χ0v) is 37.8. The van der Waals surface area contributed by atoms with Crippen LogP contribution in [0.1, 0.15) is 22.5 Å². The van der Waals surface area contributed by atoms with Gasteiger partial charge in [0.05, 0.1) is 27.9 Å². The summed E-state index contributed by atoms with van der Waals surface area (Å²) in [5.41, 5.74) is 15.2. The van der Waals surface area contributed by atoms with Crippen LogP contribution in [0.15, 0.2) is 219 Å². The maximum atomic E-state index is 13.2. The Labute approximate surface area is 401 Å². The van der Waals surface area contributed by atoms with Crippen molar-refractivity contribution in [2.45, 2.75) is 25.7 Å². The second kappa shape index (κ2) is 18.1. The summed E-state index contributed by atoms with van der Waals surface area (Å²) in [6, 6.07) is 65.2. The van der Waals surface area contributed by atoms with Crippen molar-refractivity contribution in [2.24, 2.45) is 0 Å². The molecule has 0 aliphatic heterocycles. The fourth-order valence-corrected chi connectivity index (χ4v) is 9.50. The zero-order chi connectivity index (χ0) is 47.0. The lowest BCUT2D eigenvalue weighted by Gasteiger charge is -2.17. The molecule has 12 rings (SSSR count). The highest BCUT2D eigenvalue weighted by Crippen LogP contribution is 2.41. The maximum absolute atomic E-state index is 13.2. The third kappa shape index (κ3) is 8.19. The topological polar surface area (TPSA) is 125 Å². The first-order valence-corrected chi connectivity index (χ1v) is 23.3. The Kier molecular flexibility index (Phi) is 10.9. The molecule has 0 spiro atoms. The van der Waals surface area contributed by atoms with E-state index >= 15 is 0 Å². The number of benzene rings is 7. The summed E-state index contributed by atoms with van der Waals surface area (Å²) in [4.78, 5) is 31.4. The van der Waals surface area contributed by atoms with Crippen molar-refractivity contribution in [1.29, 1.82) is 0 Å². The van der Waals surface area contributed by atoms with E-state index in [4.69, 9.17) is 13.8 Å². The van der Waals surface area contributed by atoms with Gasteiger partial charge in [-0.15, -0.1) is 10.2 Å². The highest BCUT2D eigenvalue weighted by atomic mass is 16.4. The average Bonchev–Trinajstić information content (AvgIpc) is 3.42. The van der Waals surface area contributed by atoms with Crippen molar-refractivity contribution >= 4 is 43.7 Å². The quantitative estimate of drug-likeness (QED) is 0.0921. The monoisotopic (exact) mass is 907 g/mol. The van der Waals surface area contributed by atoms with Crippen LogP contribution in [0.4, 0.5) is 0 Å². The van der Waals surface area contributed by atoms with Crippen molar-refractivity contribution in [3.8, 4) is 55.8 Å². The van der Waals surface area contributed by atoms with Gasteiger partial charge in [0.15, 0.2) is 0 Å². The molecule has 0 aliphatic rings. The van der Waals surface area contributed by atoms with Crippen LogP contribution in [0.3, 0.4) is 0 Å². The van der Waals surface area contributed by atoms with Gasteiger partial charge in [0, 0.05) is 28.1 Å². The van der Waals surface area contributed by atoms with Crippen LogP contribution < -0.4 is 11.3 Å². The average molecular weight is 908 g/mol. The normalized spacial score (nSPS) is 11.5. The predicted molar refractivity (Wildman–Crippen MR) is 277 cm³/mol. The molecule has 9 heteroatoms. The third-order valence-corrected chi connectivity index (χ3v) is 13.0. The SMILES string of the molecule is O=c1oc2ccccc2c2nnc(CCc3cc(CCc4cc5c(=O)oc6ccccc6c5nn4)cc(-c4ccccc4-c4cnc(-c5ccccc5)cc4-c4ccc(-c5ccccc5)cc4)c3)cc12. The molecule has 5 aromatic heterocycles. The van der Waals surface area contributed by atoms with E-state index in [9.17, 15) is 9.59 Å². The van der Waals surface area contributed by atoms with E-state index in [0.29, 0.717) is 70.0 Å². The van der Waals surface area contributed by atoms with Gasteiger partial charge in [0.25, 0.3) is 0 Å². The second-order valence-corrected chi connectivity index (χ2v) is 17.5. The highest BCUT2D eigenvalue weighted by molar-refractivity contribution is 6.02. The molecule has 0 fully saturated rings. The Morgan fingerprint density at radius 1 is 0.343 bits per heavy atom. The number of rotatable bonds is 11. The molecule has 0 saturated heterocycles. The zero-order valence-electron chi connectivity index (χ0n) is 37.8. The number of nitrogens with zero attached hydrogens (tertiary/aromatic N) is 5. The Hall–Kier alpha value is -9.21. The molecule has 12 aromatic rings. The van der Waals surface area contributed by atoms with Gasteiger partial charge in [-0.1, -0.05) is 152 Å². The summed E-state index contributed by atoms with van der Waals surface area (Å²) in [5.74, 6) is 0. The summed E-state index contributed by atoms with van der Waals surface area (Å²) in [5, 5.41) is 20.6. The number of para-hydroxylation sites is 2. The second-order valence-electron chi connectivity index (χ2n) is 17.5. The van der Waals surface area contributed by atoms with Crippen molar-refractivity contribution in [1.82, 2.24) is 25.4 Å². The number of hydrogen-bond acceptors (Lipinski definition) is 9. The van der Waals surface area contributed by atoms with E-state index in [1.165, 1.54) is 0 Å². The number of pyridine rings is 1. The van der Waals surface area contributed by atoms with E-state index in [2.05, 4.69) is 130 Å². The lowest BCUT2D eigenvalue weighted by atomic mass is 9.87. The van der Waals surface area contributed by atoms with Crippen LogP contribution in [0.2, 0.25) is 0 Å². The molecule has 7 aromatic carbocycles. The molecule has 0 N–H and O–H groups in total. The number of hydrogen-bond donors (Lipinski definition) is 0. The Morgan fingerprint density at radius 2 is 0.829 bits per heavy atom. The molecule has 0 atom stereocenters. The minimum atomic E-state index is -0.439. The molecule has 0 bridgehead atoms. The molecular formula is C61H41N5O4. The molecule has 70 heavy (non-hydrogen) atoms. The largest absolute Gasteiger partial charge is 0.422 e. The van der Waals surface area contributed by atoms with E-state index in [-0.39, 0.29) is 0 Å². The molecule has 5 heterocycles. The lowest BCUT2D eigenvalue weighted by Crippen LogP contribution is -2.06. The first-order chi connectivity index (χ1) is 34.5. The lowest BCUT2D eigenvalue weighted by molar-refractivity contribution is 0.568. The Morgan fingerprint density at radius 3 is 1.41 bits per heavy atom. The smallest absolute Gasteiger partial charge is 0.345 e. The minimum absolute atomic E-state index is 0.406. The van der Waals surface area contributed by atoms with E-state index in [1.54, 1.807) is 24.3 Å². The molecule has 9 nitrogen and oxygen atoms in total. The summed E-state index contributed by atoms with van der Waals surface area (Å²) in [6.07, 6.45) is 4.32. The number of aromatic nitrogens is 5. The summed E-state index contributed by atoms with van der Waals surface area (Å²) in [7, 11) is 0. The van der Waals surface area contributed by atoms with Crippen LogP contribution in [0, 0.1) is 0 Å². The maximum Gasteiger partial charge on any atom is 0.345 e. The van der Waals surface area contributed by atoms with E-state index in [0.717, 1.165) is 77.7 Å². The predicted octanol–water partition coefficient (Wildman–Crippen LogP) is 13.1. The molecule has 334 valence electrons. The van der Waals surface area contributed by atoms with Gasteiger partial charge in [0.2, 0.25) is 0 Å². The fourth-order valence-electron chi connectivity index (χ4n) is 9.50. The fraction of sp³-hybridized carbons (Fsp3) is 0.0656. The summed E-state index contributed by atoms with van der Waals surface area (Å²) >= 11 is 0. The van der Waals surface area contributed by atoms with Crippen LogP contribution >= 0.6 is 0 Å². The van der Waals surface area contributed by atoms with Gasteiger partial charge < -0.3 is 8.83 Å². The van der Waals surface area contributed by atoms with E-state index in [1.807, 2.05) is 66.9 Å². The molecule has 0 radical (unpaired) electrons. The Balaban J connectivity index is 0.942. The number of aryl methyl sites for hydroxylation is 4. The molecule has 0 aliphatic carbocycles. The number of fused-ring (bicyclic) bond motifs is 6. The van der Waals surface area contributed by atoms with Gasteiger partial charge in [-0.25, -0.2) is 9.59 Å². The molecule has 0 saturated carbocycles. The van der Waals surface area contributed by atoms with Crippen molar-refractivity contribution < 1.29 is 8.83 Å². The summed E-state index contributed by atoms with van der Waals surface area (Å²) in [6.45, 7) is 0. The molecule has 0 unspecified atom stereocenters. The van der Waals surface area contributed by atoms with Crippen LogP contribution in [0.5, 0.6) is 0 Å². The van der Waals surface area contributed by atoms with Gasteiger partial charge >= 0.3 is 11.3 Å². The van der Waals surface area contributed by atoms with Crippen LogP contribution in [-0.2, 0) is 25.7 Å². The Bertz CT molecular complexity index is 3900. The third-order valence-electron chi connectivity index (χ3n) is 13.0. The van der Waals surface area contributed by atoms with Gasteiger partial charge in [-0.3, -0.25) is 4.98 Å². The van der Waals surface area contributed by atoms with Crippen molar-refractivity contribution in [2.75, 3.05) is 0 Å². The summed E-state index contributed by atoms with van der Waals surface area (Å²) < 4.78 is 11.3. The first-order valence-electron chi connectivity index (χ1n) is 23.3.